The summed E-state index contributed by atoms with van der Waals surface area (Å²) in [5.41, 5.74) is 0. The third-order valence-corrected chi connectivity index (χ3v) is 4.34. The maximum atomic E-state index is 9.64. The molecule has 0 amide bonds. The van der Waals surface area contributed by atoms with E-state index < -0.39 is 12.2 Å². The topological polar surface area (TPSA) is 64.2 Å². The van der Waals surface area contributed by atoms with Gasteiger partial charge in [-0.1, -0.05) is 6.07 Å². The SMILES string of the molecule is N#CC(O)C(O)c1ccc(-c2cccs2)s1. The molecule has 2 heterocycles. The van der Waals surface area contributed by atoms with Crippen LogP contribution >= 0.6 is 22.7 Å². The van der Waals surface area contributed by atoms with Gasteiger partial charge < -0.3 is 10.2 Å². The van der Waals surface area contributed by atoms with E-state index in [2.05, 4.69) is 0 Å². The van der Waals surface area contributed by atoms with Crippen LogP contribution in [-0.2, 0) is 0 Å². The largest absolute Gasteiger partial charge is 0.384 e. The standard InChI is InChI=1S/C11H9NO2S2/c12-6-7(13)11(14)10-4-3-9(16-10)8-2-1-5-15-8/h1-5,7,11,13-14H. The van der Waals surface area contributed by atoms with Crippen molar-refractivity contribution >= 4 is 22.7 Å². The number of nitrogens with zero attached hydrogens (tertiary/aromatic N) is 1. The average Bonchev–Trinajstić information content (AvgIpc) is 2.96. The number of aliphatic hydroxyl groups excluding tert-OH is 2. The Kier molecular flexibility index (Phi) is 3.36. The highest BCUT2D eigenvalue weighted by atomic mass is 32.1. The molecule has 0 spiro atoms. The Bertz CT molecular complexity index is 498. The minimum absolute atomic E-state index is 0.609. The van der Waals surface area contributed by atoms with E-state index in [0.29, 0.717) is 4.88 Å². The summed E-state index contributed by atoms with van der Waals surface area (Å²) in [6.07, 6.45) is -2.49. The van der Waals surface area contributed by atoms with Crippen molar-refractivity contribution in [3.05, 3.63) is 34.5 Å². The summed E-state index contributed by atoms with van der Waals surface area (Å²) in [5.74, 6) is 0. The van der Waals surface area contributed by atoms with Crippen LogP contribution in [0.4, 0.5) is 0 Å². The van der Waals surface area contributed by atoms with Crippen molar-refractivity contribution in [2.45, 2.75) is 12.2 Å². The highest BCUT2D eigenvalue weighted by Crippen LogP contribution is 2.34. The molecule has 0 aliphatic heterocycles. The van der Waals surface area contributed by atoms with Gasteiger partial charge in [-0.3, -0.25) is 0 Å². The lowest BCUT2D eigenvalue weighted by Gasteiger charge is -2.08. The summed E-state index contributed by atoms with van der Waals surface area (Å²) >= 11 is 3.01. The zero-order valence-corrected chi connectivity index (χ0v) is 9.83. The first kappa shape index (κ1) is 11.3. The van der Waals surface area contributed by atoms with Gasteiger partial charge in [0.2, 0.25) is 0 Å². The van der Waals surface area contributed by atoms with Gasteiger partial charge in [0.05, 0.1) is 6.07 Å². The Morgan fingerprint density at radius 1 is 1.19 bits per heavy atom. The molecule has 2 rings (SSSR count). The highest BCUT2D eigenvalue weighted by Gasteiger charge is 2.19. The van der Waals surface area contributed by atoms with Gasteiger partial charge in [0, 0.05) is 14.6 Å². The molecule has 2 aromatic rings. The molecule has 0 bridgehead atoms. The van der Waals surface area contributed by atoms with Crippen LogP contribution in [0.3, 0.4) is 0 Å². The van der Waals surface area contributed by atoms with E-state index in [1.807, 2.05) is 23.6 Å². The summed E-state index contributed by atoms with van der Waals surface area (Å²) in [5, 5.41) is 29.3. The second-order valence-electron chi connectivity index (χ2n) is 3.20. The Balaban J connectivity index is 2.24. The minimum Gasteiger partial charge on any atom is -0.384 e. The summed E-state index contributed by atoms with van der Waals surface area (Å²) in [4.78, 5) is 2.77. The van der Waals surface area contributed by atoms with Gasteiger partial charge in [-0.05, 0) is 23.6 Å². The van der Waals surface area contributed by atoms with Gasteiger partial charge in [-0.25, -0.2) is 0 Å². The van der Waals surface area contributed by atoms with Crippen molar-refractivity contribution in [2.24, 2.45) is 0 Å². The molecule has 82 valence electrons. The van der Waals surface area contributed by atoms with E-state index in [0.717, 1.165) is 9.75 Å². The fourth-order valence-corrected chi connectivity index (χ4v) is 3.15. The normalized spacial score (nSPS) is 14.3. The fourth-order valence-electron chi connectivity index (χ4n) is 1.29. The van der Waals surface area contributed by atoms with Crippen LogP contribution < -0.4 is 0 Å². The molecule has 3 nitrogen and oxygen atoms in total. The van der Waals surface area contributed by atoms with Crippen LogP contribution in [0.1, 0.15) is 11.0 Å². The van der Waals surface area contributed by atoms with Crippen LogP contribution in [0.5, 0.6) is 0 Å². The van der Waals surface area contributed by atoms with Crippen molar-refractivity contribution < 1.29 is 10.2 Å². The third-order valence-electron chi connectivity index (χ3n) is 2.11. The minimum atomic E-state index is -1.37. The molecule has 0 fully saturated rings. The molecular formula is C11H9NO2S2. The smallest absolute Gasteiger partial charge is 0.171 e. The second kappa shape index (κ2) is 4.76. The number of nitriles is 1. The summed E-state index contributed by atoms with van der Waals surface area (Å²) in [6.45, 7) is 0. The van der Waals surface area contributed by atoms with E-state index in [4.69, 9.17) is 5.26 Å². The van der Waals surface area contributed by atoms with Gasteiger partial charge >= 0.3 is 0 Å². The van der Waals surface area contributed by atoms with Crippen LogP contribution in [0, 0.1) is 11.3 Å². The molecule has 16 heavy (non-hydrogen) atoms. The van der Waals surface area contributed by atoms with Crippen molar-refractivity contribution in [3.63, 3.8) is 0 Å². The molecule has 2 aromatic heterocycles. The van der Waals surface area contributed by atoms with Crippen molar-refractivity contribution in [3.8, 4) is 15.8 Å². The summed E-state index contributed by atoms with van der Waals surface area (Å²) < 4.78 is 0. The molecule has 0 saturated heterocycles. The van der Waals surface area contributed by atoms with Crippen molar-refractivity contribution in [2.75, 3.05) is 0 Å². The average molecular weight is 251 g/mol. The van der Waals surface area contributed by atoms with Crippen LogP contribution in [0.25, 0.3) is 9.75 Å². The van der Waals surface area contributed by atoms with Gasteiger partial charge in [-0.2, -0.15) is 5.26 Å². The zero-order valence-electron chi connectivity index (χ0n) is 8.20. The van der Waals surface area contributed by atoms with Gasteiger partial charge in [-0.15, -0.1) is 22.7 Å². The molecule has 0 aromatic carbocycles. The molecule has 0 saturated carbocycles. The van der Waals surface area contributed by atoms with E-state index in [9.17, 15) is 10.2 Å². The lowest BCUT2D eigenvalue weighted by Crippen LogP contribution is -2.14. The Morgan fingerprint density at radius 2 is 2.00 bits per heavy atom. The van der Waals surface area contributed by atoms with E-state index in [-0.39, 0.29) is 0 Å². The van der Waals surface area contributed by atoms with Crippen molar-refractivity contribution in [1.82, 2.24) is 0 Å². The predicted octanol–water partition coefficient (Wildman–Crippen LogP) is 2.39. The van der Waals surface area contributed by atoms with Gasteiger partial charge in [0.15, 0.2) is 6.10 Å². The quantitative estimate of drug-likeness (QED) is 0.823. The van der Waals surface area contributed by atoms with Crippen LogP contribution in [0.15, 0.2) is 29.6 Å². The van der Waals surface area contributed by atoms with Gasteiger partial charge in [0.25, 0.3) is 0 Å². The lowest BCUT2D eigenvalue weighted by molar-refractivity contribution is 0.0552. The third kappa shape index (κ3) is 2.15. The van der Waals surface area contributed by atoms with Crippen LogP contribution in [-0.4, -0.2) is 16.3 Å². The molecule has 0 aliphatic rings. The number of aliphatic hydroxyl groups is 2. The molecular weight excluding hydrogens is 242 g/mol. The summed E-state index contributed by atoms with van der Waals surface area (Å²) in [6, 6.07) is 9.20. The Hall–Kier alpha value is -1.19. The summed E-state index contributed by atoms with van der Waals surface area (Å²) in [7, 11) is 0. The molecule has 2 N–H and O–H groups in total. The lowest BCUT2D eigenvalue weighted by atomic mass is 10.2. The Labute approximate surface area is 101 Å². The first-order chi connectivity index (χ1) is 7.72. The Morgan fingerprint density at radius 3 is 2.62 bits per heavy atom. The molecule has 0 aliphatic carbocycles. The number of rotatable bonds is 3. The predicted molar refractivity (Wildman–Crippen MR) is 64.2 cm³/mol. The molecule has 0 radical (unpaired) electrons. The zero-order chi connectivity index (χ0) is 11.5. The number of hydrogen-bond acceptors (Lipinski definition) is 5. The second-order valence-corrected chi connectivity index (χ2v) is 5.26. The highest BCUT2D eigenvalue weighted by molar-refractivity contribution is 7.21. The number of hydrogen-bond donors (Lipinski definition) is 2. The van der Waals surface area contributed by atoms with E-state index >= 15 is 0 Å². The molecule has 5 heteroatoms. The first-order valence-electron chi connectivity index (χ1n) is 4.61. The maximum absolute atomic E-state index is 9.64. The molecule has 2 atom stereocenters. The molecule has 2 unspecified atom stereocenters. The van der Waals surface area contributed by atoms with Crippen LogP contribution in [0.2, 0.25) is 0 Å². The van der Waals surface area contributed by atoms with Gasteiger partial charge in [0.1, 0.15) is 6.10 Å². The van der Waals surface area contributed by atoms with E-state index in [1.165, 1.54) is 11.3 Å². The van der Waals surface area contributed by atoms with E-state index in [1.54, 1.807) is 23.5 Å². The van der Waals surface area contributed by atoms with Crippen molar-refractivity contribution in [1.29, 1.82) is 5.26 Å². The first-order valence-corrected chi connectivity index (χ1v) is 6.31. The fraction of sp³-hybridized carbons (Fsp3) is 0.182. The maximum Gasteiger partial charge on any atom is 0.171 e. The number of thiophene rings is 2. The monoisotopic (exact) mass is 251 g/mol.